The van der Waals surface area contributed by atoms with Crippen LogP contribution in [0.2, 0.25) is 0 Å². The molecule has 2 aliphatic heterocycles. The molecule has 2 saturated heterocycles. The molecule has 5 rings (SSSR count). The average Bonchev–Trinajstić information content (AvgIpc) is 3.35. The first-order valence-corrected chi connectivity index (χ1v) is 9.49. The Morgan fingerprint density at radius 1 is 1.33 bits per heavy atom. The van der Waals surface area contributed by atoms with Crippen LogP contribution in [0.5, 0.6) is 0 Å². The minimum atomic E-state index is -4.20. The lowest BCUT2D eigenvalue weighted by Gasteiger charge is -2.27. The van der Waals surface area contributed by atoms with Crippen LogP contribution in [-0.4, -0.2) is 54.4 Å². The molecule has 142 valence electrons. The summed E-state index contributed by atoms with van der Waals surface area (Å²) in [5.41, 5.74) is 0.833. The third kappa shape index (κ3) is 2.83. The Hall–Kier alpha value is -2.34. The van der Waals surface area contributed by atoms with Gasteiger partial charge in [0.05, 0.1) is 19.2 Å². The number of nitrogens with zero attached hydrogens (tertiary/aromatic N) is 4. The first-order chi connectivity index (χ1) is 13.0. The van der Waals surface area contributed by atoms with Gasteiger partial charge in [-0.05, 0) is 6.07 Å². The van der Waals surface area contributed by atoms with E-state index in [9.17, 15) is 14.6 Å². The van der Waals surface area contributed by atoms with Crippen LogP contribution >= 0.6 is 7.82 Å². The van der Waals surface area contributed by atoms with Crippen LogP contribution < -0.4 is 5.32 Å². The van der Waals surface area contributed by atoms with E-state index in [2.05, 4.69) is 20.3 Å². The second kappa shape index (κ2) is 6.09. The number of phosphoric acid groups is 1. The van der Waals surface area contributed by atoms with Gasteiger partial charge in [-0.1, -0.05) is 0 Å². The number of phosphoric ester groups is 1. The highest BCUT2D eigenvalue weighted by Gasteiger charge is 2.52. The molecule has 3 aromatic rings. The molecule has 5 heterocycles. The van der Waals surface area contributed by atoms with Crippen molar-refractivity contribution >= 4 is 30.7 Å². The number of hydrogen-bond donors (Lipinski definition) is 3. The summed E-state index contributed by atoms with van der Waals surface area (Å²) < 4.78 is 33.8. The summed E-state index contributed by atoms with van der Waals surface area (Å²) in [5.74, 6) is 0.898. The van der Waals surface area contributed by atoms with E-state index < -0.39 is 32.4 Å². The number of fused-ring (bicyclic) bond motifs is 2. The van der Waals surface area contributed by atoms with Gasteiger partial charge in [0.1, 0.15) is 24.6 Å². The number of rotatable bonds is 3. The zero-order chi connectivity index (χ0) is 18.6. The first-order valence-electron chi connectivity index (χ1n) is 7.99. The summed E-state index contributed by atoms with van der Waals surface area (Å²) in [5, 5.41) is 13.6. The highest BCUT2D eigenvalue weighted by atomic mass is 31.2. The number of aliphatic hydroxyl groups excluding tert-OH is 1. The maximum atomic E-state index is 11.6. The van der Waals surface area contributed by atoms with Gasteiger partial charge >= 0.3 is 7.82 Å². The Bertz CT molecular complexity index is 1020. The van der Waals surface area contributed by atoms with Crippen molar-refractivity contribution in [3.8, 4) is 0 Å². The highest BCUT2D eigenvalue weighted by molar-refractivity contribution is 7.47. The zero-order valence-corrected chi connectivity index (χ0v) is 14.5. The normalized spacial score (nSPS) is 33.3. The van der Waals surface area contributed by atoms with Crippen molar-refractivity contribution in [3.05, 3.63) is 31.1 Å². The van der Waals surface area contributed by atoms with Crippen molar-refractivity contribution in [2.24, 2.45) is 0 Å². The molecule has 2 aliphatic rings. The van der Waals surface area contributed by atoms with Gasteiger partial charge in [-0.2, -0.15) is 0 Å². The molecule has 5 atom stereocenters. The van der Waals surface area contributed by atoms with Crippen LogP contribution in [0.4, 0.5) is 11.7 Å². The molecule has 3 aromatic heterocycles. The van der Waals surface area contributed by atoms with Gasteiger partial charge in [0.15, 0.2) is 29.1 Å². The molecule has 0 radical (unpaired) electrons. The van der Waals surface area contributed by atoms with Gasteiger partial charge in [-0.15, -0.1) is 0 Å². The van der Waals surface area contributed by atoms with Gasteiger partial charge in [0, 0.05) is 6.07 Å². The quantitative estimate of drug-likeness (QED) is 0.543. The molecule has 12 nitrogen and oxygen atoms in total. The topological polar surface area (TPSA) is 154 Å². The molecule has 0 spiro atoms. The summed E-state index contributed by atoms with van der Waals surface area (Å²) in [4.78, 5) is 22.1. The van der Waals surface area contributed by atoms with E-state index >= 15 is 0 Å². The Morgan fingerprint density at radius 3 is 3.04 bits per heavy atom. The predicted octanol–water partition coefficient (Wildman–Crippen LogP) is 0.937. The Kier molecular flexibility index (Phi) is 3.79. The number of aliphatic hydroxyl groups is 1. The molecular weight excluding hydrogens is 381 g/mol. The molecule has 1 unspecified atom stereocenters. The molecule has 0 aromatic carbocycles. The number of aromatic nitrogens is 4. The largest absolute Gasteiger partial charge is 0.472 e. The number of furan rings is 1. The van der Waals surface area contributed by atoms with Crippen LogP contribution in [0.15, 0.2) is 35.5 Å². The van der Waals surface area contributed by atoms with Crippen molar-refractivity contribution in [3.63, 3.8) is 0 Å². The van der Waals surface area contributed by atoms with Crippen molar-refractivity contribution in [2.45, 2.75) is 24.5 Å². The van der Waals surface area contributed by atoms with Gasteiger partial charge in [-0.3, -0.25) is 13.6 Å². The Morgan fingerprint density at radius 2 is 2.22 bits per heavy atom. The van der Waals surface area contributed by atoms with E-state index in [1.54, 1.807) is 12.1 Å². The van der Waals surface area contributed by atoms with E-state index in [1.807, 2.05) is 0 Å². The Labute approximate surface area is 151 Å². The van der Waals surface area contributed by atoms with Crippen LogP contribution in [0, 0.1) is 0 Å². The van der Waals surface area contributed by atoms with Gasteiger partial charge < -0.3 is 24.5 Å². The molecule has 13 heteroatoms. The fourth-order valence-corrected chi connectivity index (χ4v) is 4.13. The molecule has 0 bridgehead atoms. The van der Waals surface area contributed by atoms with Gasteiger partial charge in [0.25, 0.3) is 0 Å². The van der Waals surface area contributed by atoms with E-state index in [0.29, 0.717) is 22.9 Å². The second-order valence-corrected chi connectivity index (χ2v) is 7.44. The Balaban J connectivity index is 1.48. The van der Waals surface area contributed by atoms with E-state index in [-0.39, 0.29) is 6.61 Å². The van der Waals surface area contributed by atoms with Gasteiger partial charge in [-0.25, -0.2) is 19.5 Å². The highest BCUT2D eigenvalue weighted by Crippen LogP contribution is 2.52. The maximum absolute atomic E-state index is 11.6. The second-order valence-electron chi connectivity index (χ2n) is 6.04. The van der Waals surface area contributed by atoms with Crippen molar-refractivity contribution in [1.29, 1.82) is 0 Å². The third-order valence-corrected chi connectivity index (χ3v) is 5.35. The van der Waals surface area contributed by atoms with Crippen molar-refractivity contribution < 1.29 is 32.8 Å². The fraction of sp³-hybridized carbons (Fsp3) is 0.357. The minimum Gasteiger partial charge on any atom is -0.449 e. The summed E-state index contributed by atoms with van der Waals surface area (Å²) in [7, 11) is -4.20. The van der Waals surface area contributed by atoms with E-state index in [1.165, 1.54) is 23.5 Å². The number of imidazole rings is 1. The number of hydrogen-bond acceptors (Lipinski definition) is 10. The molecule has 3 N–H and O–H groups in total. The van der Waals surface area contributed by atoms with E-state index in [0.717, 1.165) is 0 Å². The maximum Gasteiger partial charge on any atom is 0.472 e. The van der Waals surface area contributed by atoms with E-state index in [4.69, 9.17) is 18.2 Å². The lowest BCUT2D eigenvalue weighted by molar-refractivity contribution is -0.0664. The smallest absolute Gasteiger partial charge is 0.449 e. The molecule has 2 fully saturated rings. The molecular formula is C14H14N5O7P. The fourth-order valence-electron chi connectivity index (χ4n) is 3.16. The minimum absolute atomic E-state index is 0.168. The van der Waals surface area contributed by atoms with Gasteiger partial charge in [0.2, 0.25) is 0 Å². The van der Waals surface area contributed by atoms with Crippen LogP contribution in [0.25, 0.3) is 11.2 Å². The van der Waals surface area contributed by atoms with Crippen molar-refractivity contribution in [1.82, 2.24) is 19.5 Å². The number of anilines is 2. The number of ether oxygens (including phenoxy) is 1. The zero-order valence-electron chi connectivity index (χ0n) is 13.6. The standard InChI is InChI=1S/C14H14N5O7P/c20-10-11-7(4-24-27(21,22)26-11)25-14(10)19-6-17-9-12(15-5-16-13(9)19)18-8-2-1-3-23-8/h1-3,5-7,10-11,14,20H,4H2,(H,21,22)(H,15,16,18)/t7-,10-,11-,14-/m1/s1. The van der Waals surface area contributed by atoms with Crippen LogP contribution in [-0.2, 0) is 18.3 Å². The van der Waals surface area contributed by atoms with Crippen molar-refractivity contribution in [2.75, 3.05) is 11.9 Å². The summed E-state index contributed by atoms with van der Waals surface area (Å²) in [6.45, 7) is -0.168. The predicted molar refractivity (Wildman–Crippen MR) is 87.9 cm³/mol. The third-order valence-electron chi connectivity index (χ3n) is 4.36. The SMILES string of the molecule is O=P1(O)OC[C@H]2O[C@@H](n3cnc4c(Nc5ccco5)ncnc43)[C@H](O)[C@@H]2O1. The summed E-state index contributed by atoms with van der Waals surface area (Å²) in [6, 6.07) is 3.45. The molecule has 0 aliphatic carbocycles. The first kappa shape index (κ1) is 16.8. The summed E-state index contributed by atoms with van der Waals surface area (Å²) >= 11 is 0. The summed E-state index contributed by atoms with van der Waals surface area (Å²) in [6.07, 6.45) is 0.468. The molecule has 0 amide bonds. The lowest BCUT2D eigenvalue weighted by Crippen LogP contribution is -2.39. The molecule has 27 heavy (non-hydrogen) atoms. The monoisotopic (exact) mass is 395 g/mol. The number of nitrogens with one attached hydrogen (secondary N) is 1. The molecule has 0 saturated carbocycles. The van der Waals surface area contributed by atoms with Crippen LogP contribution in [0.1, 0.15) is 6.23 Å². The lowest BCUT2D eigenvalue weighted by atomic mass is 10.1. The average molecular weight is 395 g/mol. The van der Waals surface area contributed by atoms with Crippen LogP contribution in [0.3, 0.4) is 0 Å².